The normalized spacial score (nSPS) is 17.7. The van der Waals surface area contributed by atoms with Gasteiger partial charge in [0.25, 0.3) is 0 Å². The SMILES string of the molecule is O=C(CSCC(=O)NCC1CCC1)NCCN1CC(=O)NC1=O. The molecule has 2 fully saturated rings. The van der Waals surface area contributed by atoms with Crippen LogP contribution in [0.5, 0.6) is 0 Å². The standard InChI is InChI=1S/C14H22N4O4S/c19-11-7-18(14(22)17-11)5-4-15-12(20)8-23-9-13(21)16-6-10-2-1-3-10/h10H,1-9H2,(H,15,20)(H,16,21)(H,17,19,22). The first-order valence-electron chi connectivity index (χ1n) is 7.74. The van der Waals surface area contributed by atoms with Crippen molar-refractivity contribution in [1.29, 1.82) is 0 Å². The lowest BCUT2D eigenvalue weighted by molar-refractivity contribution is -0.119. The average Bonchev–Trinajstić information content (AvgIpc) is 2.75. The van der Waals surface area contributed by atoms with Crippen LogP contribution in [0.3, 0.4) is 0 Å². The first-order valence-corrected chi connectivity index (χ1v) is 8.90. The zero-order valence-corrected chi connectivity index (χ0v) is 13.7. The van der Waals surface area contributed by atoms with Crippen molar-refractivity contribution in [3.8, 4) is 0 Å². The van der Waals surface area contributed by atoms with Crippen molar-refractivity contribution in [2.45, 2.75) is 19.3 Å². The molecule has 0 aromatic rings. The number of hydrogen-bond acceptors (Lipinski definition) is 5. The highest BCUT2D eigenvalue weighted by Crippen LogP contribution is 2.25. The molecule has 8 nitrogen and oxygen atoms in total. The summed E-state index contributed by atoms with van der Waals surface area (Å²) in [6.07, 6.45) is 3.63. The van der Waals surface area contributed by atoms with Gasteiger partial charge in [-0.15, -0.1) is 11.8 Å². The fraction of sp³-hybridized carbons (Fsp3) is 0.714. The van der Waals surface area contributed by atoms with Gasteiger partial charge in [-0.25, -0.2) is 4.79 Å². The quantitative estimate of drug-likeness (QED) is 0.481. The fourth-order valence-corrected chi connectivity index (χ4v) is 2.96. The predicted molar refractivity (Wildman–Crippen MR) is 85.8 cm³/mol. The minimum absolute atomic E-state index is 0.0324. The Morgan fingerprint density at radius 1 is 1.17 bits per heavy atom. The highest BCUT2D eigenvalue weighted by Gasteiger charge is 2.25. The summed E-state index contributed by atoms with van der Waals surface area (Å²) >= 11 is 1.26. The van der Waals surface area contributed by atoms with E-state index < -0.39 is 6.03 Å². The molecule has 0 aromatic carbocycles. The molecule has 1 aliphatic carbocycles. The lowest BCUT2D eigenvalue weighted by Gasteiger charge is -2.25. The van der Waals surface area contributed by atoms with E-state index in [0.29, 0.717) is 5.92 Å². The summed E-state index contributed by atoms with van der Waals surface area (Å²) in [6.45, 7) is 1.34. The largest absolute Gasteiger partial charge is 0.355 e. The molecule has 23 heavy (non-hydrogen) atoms. The van der Waals surface area contributed by atoms with Crippen molar-refractivity contribution in [2.24, 2.45) is 5.92 Å². The van der Waals surface area contributed by atoms with Crippen LogP contribution in [-0.4, -0.2) is 66.3 Å². The molecule has 1 aliphatic heterocycles. The van der Waals surface area contributed by atoms with Crippen molar-refractivity contribution >= 4 is 35.5 Å². The Bertz CT molecular complexity index is 481. The monoisotopic (exact) mass is 342 g/mol. The molecule has 0 unspecified atom stereocenters. The number of urea groups is 1. The zero-order valence-electron chi connectivity index (χ0n) is 12.9. The maximum absolute atomic E-state index is 11.6. The lowest BCUT2D eigenvalue weighted by Crippen LogP contribution is -2.37. The predicted octanol–water partition coefficient (Wildman–Crippen LogP) is -0.696. The minimum atomic E-state index is -0.429. The first-order chi connectivity index (χ1) is 11.0. The van der Waals surface area contributed by atoms with Gasteiger partial charge >= 0.3 is 6.03 Å². The van der Waals surface area contributed by atoms with E-state index in [4.69, 9.17) is 0 Å². The number of amides is 5. The van der Waals surface area contributed by atoms with Gasteiger partial charge in [-0.3, -0.25) is 19.7 Å². The van der Waals surface area contributed by atoms with Crippen LogP contribution in [0.4, 0.5) is 4.79 Å². The number of nitrogens with zero attached hydrogens (tertiary/aromatic N) is 1. The molecule has 3 N–H and O–H groups in total. The molecular formula is C14H22N4O4S. The molecule has 1 heterocycles. The summed E-state index contributed by atoms with van der Waals surface area (Å²) in [5.41, 5.74) is 0. The van der Waals surface area contributed by atoms with E-state index in [1.807, 2.05) is 0 Å². The number of imide groups is 1. The van der Waals surface area contributed by atoms with Gasteiger partial charge in [-0.05, 0) is 18.8 Å². The second-order valence-corrected chi connectivity index (χ2v) is 6.70. The highest BCUT2D eigenvalue weighted by molar-refractivity contribution is 8.00. The Morgan fingerprint density at radius 2 is 1.87 bits per heavy atom. The average molecular weight is 342 g/mol. The zero-order chi connectivity index (χ0) is 16.7. The third-order valence-corrected chi connectivity index (χ3v) is 4.78. The summed E-state index contributed by atoms with van der Waals surface area (Å²) in [5, 5.41) is 7.70. The summed E-state index contributed by atoms with van der Waals surface area (Å²) in [7, 11) is 0. The van der Waals surface area contributed by atoms with Gasteiger partial charge in [0.05, 0.1) is 11.5 Å². The summed E-state index contributed by atoms with van der Waals surface area (Å²) in [5.74, 6) is 0.534. The van der Waals surface area contributed by atoms with Gasteiger partial charge in [0.15, 0.2) is 0 Å². The molecule has 0 atom stereocenters. The fourth-order valence-electron chi connectivity index (χ4n) is 2.29. The molecule has 1 saturated carbocycles. The molecule has 0 bridgehead atoms. The van der Waals surface area contributed by atoms with Crippen LogP contribution < -0.4 is 16.0 Å². The van der Waals surface area contributed by atoms with Gasteiger partial charge < -0.3 is 15.5 Å². The van der Waals surface area contributed by atoms with Gasteiger partial charge in [-0.2, -0.15) is 0 Å². The Kier molecular flexibility index (Phi) is 6.69. The van der Waals surface area contributed by atoms with E-state index in [0.717, 1.165) is 6.54 Å². The third kappa shape index (κ3) is 6.09. The number of carbonyl (C=O) groups is 4. The molecule has 0 spiro atoms. The second kappa shape index (κ2) is 8.76. The van der Waals surface area contributed by atoms with E-state index in [2.05, 4.69) is 16.0 Å². The summed E-state index contributed by atoms with van der Waals surface area (Å²) in [4.78, 5) is 46.8. The lowest BCUT2D eigenvalue weighted by atomic mass is 9.85. The van der Waals surface area contributed by atoms with E-state index >= 15 is 0 Å². The number of carbonyl (C=O) groups excluding carboxylic acids is 4. The molecule has 0 radical (unpaired) electrons. The van der Waals surface area contributed by atoms with Gasteiger partial charge in [0.2, 0.25) is 17.7 Å². The van der Waals surface area contributed by atoms with E-state index in [9.17, 15) is 19.2 Å². The first kappa shape index (κ1) is 17.6. The molecule has 9 heteroatoms. The maximum atomic E-state index is 11.6. The van der Waals surface area contributed by atoms with Crippen LogP contribution in [0, 0.1) is 5.92 Å². The second-order valence-electron chi connectivity index (χ2n) is 5.72. The van der Waals surface area contributed by atoms with Gasteiger partial charge in [0.1, 0.15) is 6.54 Å². The number of hydrogen-bond donors (Lipinski definition) is 3. The van der Waals surface area contributed by atoms with Crippen LogP contribution in [0.25, 0.3) is 0 Å². The molecular weight excluding hydrogens is 320 g/mol. The number of thioether (sulfide) groups is 1. The van der Waals surface area contributed by atoms with Gasteiger partial charge in [0, 0.05) is 19.6 Å². The Labute approximate surface area is 139 Å². The Balaban J connectivity index is 1.47. The Hall–Kier alpha value is -1.77. The van der Waals surface area contributed by atoms with Crippen molar-refractivity contribution in [2.75, 3.05) is 37.7 Å². The van der Waals surface area contributed by atoms with E-state index in [1.54, 1.807) is 0 Å². The molecule has 2 aliphatic rings. The van der Waals surface area contributed by atoms with Crippen LogP contribution >= 0.6 is 11.8 Å². The van der Waals surface area contributed by atoms with Crippen molar-refractivity contribution in [1.82, 2.24) is 20.9 Å². The highest BCUT2D eigenvalue weighted by atomic mass is 32.2. The van der Waals surface area contributed by atoms with Crippen molar-refractivity contribution < 1.29 is 19.2 Å². The van der Waals surface area contributed by atoms with E-state index in [1.165, 1.54) is 35.9 Å². The summed E-state index contributed by atoms with van der Waals surface area (Å²) < 4.78 is 0. The van der Waals surface area contributed by atoms with E-state index in [-0.39, 0.29) is 48.9 Å². The summed E-state index contributed by atoms with van der Waals surface area (Å²) in [6, 6.07) is -0.429. The van der Waals surface area contributed by atoms with Crippen LogP contribution in [-0.2, 0) is 14.4 Å². The number of nitrogens with one attached hydrogen (secondary N) is 3. The maximum Gasteiger partial charge on any atom is 0.324 e. The van der Waals surface area contributed by atoms with Gasteiger partial charge in [-0.1, -0.05) is 6.42 Å². The third-order valence-electron chi connectivity index (χ3n) is 3.85. The minimum Gasteiger partial charge on any atom is -0.355 e. The topological polar surface area (TPSA) is 108 Å². The molecule has 128 valence electrons. The molecule has 1 saturated heterocycles. The van der Waals surface area contributed by atoms with Crippen molar-refractivity contribution in [3.63, 3.8) is 0 Å². The molecule has 5 amide bonds. The smallest absolute Gasteiger partial charge is 0.324 e. The Morgan fingerprint density at radius 3 is 2.43 bits per heavy atom. The van der Waals surface area contributed by atoms with Crippen LogP contribution in [0.15, 0.2) is 0 Å². The number of rotatable bonds is 9. The molecule has 2 rings (SSSR count). The van der Waals surface area contributed by atoms with Crippen LogP contribution in [0.2, 0.25) is 0 Å². The van der Waals surface area contributed by atoms with Crippen molar-refractivity contribution in [3.05, 3.63) is 0 Å². The van der Waals surface area contributed by atoms with Crippen LogP contribution in [0.1, 0.15) is 19.3 Å². The molecule has 0 aromatic heterocycles.